The summed E-state index contributed by atoms with van der Waals surface area (Å²) in [7, 11) is -2.92. The molecule has 0 spiro atoms. The summed E-state index contributed by atoms with van der Waals surface area (Å²) in [4.78, 5) is 16.8. The maximum atomic E-state index is 12.7. The van der Waals surface area contributed by atoms with Gasteiger partial charge in [-0.1, -0.05) is 0 Å². The largest absolute Gasteiger partial charge is 0.339 e. The minimum atomic E-state index is -2.92. The zero-order valence-corrected chi connectivity index (χ0v) is 13.3. The molecule has 0 aromatic heterocycles. The van der Waals surface area contributed by atoms with Crippen LogP contribution in [0.1, 0.15) is 25.7 Å². The Morgan fingerprint density at radius 3 is 2.52 bits per heavy atom. The molecule has 1 N–H and O–H groups in total. The summed E-state index contributed by atoms with van der Waals surface area (Å²) in [5, 5.41) is 3.26. The Kier molecular flexibility index (Phi) is 4.51. The van der Waals surface area contributed by atoms with Crippen molar-refractivity contribution < 1.29 is 13.2 Å². The fourth-order valence-electron chi connectivity index (χ4n) is 3.85. The third-order valence-electron chi connectivity index (χ3n) is 4.92. The normalized spacial score (nSPS) is 34.0. The van der Waals surface area contributed by atoms with Gasteiger partial charge in [0.1, 0.15) is 0 Å². The van der Waals surface area contributed by atoms with Crippen molar-refractivity contribution in [1.82, 2.24) is 15.1 Å². The van der Waals surface area contributed by atoms with E-state index in [1.807, 2.05) is 4.90 Å². The summed E-state index contributed by atoms with van der Waals surface area (Å²) in [6.45, 7) is 4.12. The number of carbonyl (C=O) groups is 1. The van der Waals surface area contributed by atoms with Gasteiger partial charge in [0, 0.05) is 32.2 Å². The van der Waals surface area contributed by atoms with Crippen LogP contribution in [-0.4, -0.2) is 80.4 Å². The molecule has 21 heavy (non-hydrogen) atoms. The highest BCUT2D eigenvalue weighted by Gasteiger charge is 2.40. The summed E-state index contributed by atoms with van der Waals surface area (Å²) in [6.07, 6.45) is 3.51. The van der Waals surface area contributed by atoms with Crippen LogP contribution in [0.2, 0.25) is 0 Å². The quantitative estimate of drug-likeness (QED) is 0.741. The molecule has 6 nitrogen and oxygen atoms in total. The Labute approximate surface area is 126 Å². The number of amides is 1. The van der Waals surface area contributed by atoms with Crippen molar-refractivity contribution in [3.63, 3.8) is 0 Å². The van der Waals surface area contributed by atoms with Crippen molar-refractivity contribution in [3.8, 4) is 0 Å². The molecule has 0 radical (unpaired) electrons. The van der Waals surface area contributed by atoms with Gasteiger partial charge in [0.05, 0.1) is 17.5 Å². The molecule has 0 saturated carbocycles. The molecule has 3 heterocycles. The molecule has 2 atom stereocenters. The molecular weight excluding hydrogens is 290 g/mol. The minimum absolute atomic E-state index is 0.0446. The first-order valence-electron chi connectivity index (χ1n) is 8.02. The van der Waals surface area contributed by atoms with Gasteiger partial charge in [-0.05, 0) is 32.2 Å². The SMILES string of the molecule is O=C(C1CCCN1C1CCCS(=O)(=O)C1)N1CCNCC1. The maximum absolute atomic E-state index is 12.7. The van der Waals surface area contributed by atoms with Crippen LogP contribution in [-0.2, 0) is 14.6 Å². The molecule has 0 bridgehead atoms. The van der Waals surface area contributed by atoms with E-state index < -0.39 is 9.84 Å². The monoisotopic (exact) mass is 315 g/mol. The summed E-state index contributed by atoms with van der Waals surface area (Å²) in [5.41, 5.74) is 0. The molecular formula is C14H25N3O3S. The second-order valence-corrected chi connectivity index (χ2v) is 8.61. The maximum Gasteiger partial charge on any atom is 0.240 e. The first kappa shape index (κ1) is 15.2. The number of hydrogen-bond donors (Lipinski definition) is 1. The van der Waals surface area contributed by atoms with Gasteiger partial charge in [-0.25, -0.2) is 8.42 Å². The summed E-state index contributed by atoms with van der Waals surface area (Å²) in [5.74, 6) is 0.753. The number of likely N-dealkylation sites (tertiary alicyclic amines) is 1. The van der Waals surface area contributed by atoms with Crippen LogP contribution in [0.15, 0.2) is 0 Å². The standard InChI is InChI=1S/C14H25N3O3S/c18-14(16-8-5-15-6-9-16)13-4-1-7-17(13)12-3-2-10-21(19,20)11-12/h12-13,15H,1-11H2. The molecule has 3 rings (SSSR count). The van der Waals surface area contributed by atoms with Crippen molar-refractivity contribution in [2.75, 3.05) is 44.2 Å². The van der Waals surface area contributed by atoms with Crippen molar-refractivity contribution >= 4 is 15.7 Å². The molecule has 0 aromatic carbocycles. The number of hydrogen-bond acceptors (Lipinski definition) is 5. The summed E-state index contributed by atoms with van der Waals surface area (Å²) >= 11 is 0. The van der Waals surface area contributed by atoms with Gasteiger partial charge in [-0.3, -0.25) is 9.69 Å². The average Bonchev–Trinajstić information content (AvgIpc) is 2.96. The molecule has 3 aliphatic rings. The Balaban J connectivity index is 1.68. The van der Waals surface area contributed by atoms with Gasteiger partial charge in [0.25, 0.3) is 0 Å². The highest BCUT2D eigenvalue weighted by molar-refractivity contribution is 7.91. The molecule has 0 aromatic rings. The van der Waals surface area contributed by atoms with Gasteiger partial charge < -0.3 is 10.2 Å². The lowest BCUT2D eigenvalue weighted by atomic mass is 10.1. The first-order chi connectivity index (χ1) is 10.1. The van der Waals surface area contributed by atoms with Crippen LogP contribution in [0.5, 0.6) is 0 Å². The zero-order valence-electron chi connectivity index (χ0n) is 12.5. The van der Waals surface area contributed by atoms with E-state index in [1.54, 1.807) is 0 Å². The fraction of sp³-hybridized carbons (Fsp3) is 0.929. The second-order valence-electron chi connectivity index (χ2n) is 6.38. The molecule has 0 aliphatic carbocycles. The Morgan fingerprint density at radius 2 is 1.81 bits per heavy atom. The topological polar surface area (TPSA) is 69.7 Å². The molecule has 1 amide bonds. The van der Waals surface area contributed by atoms with Gasteiger partial charge in [0.15, 0.2) is 9.84 Å². The predicted octanol–water partition coefficient (Wildman–Crippen LogP) is -0.540. The molecule has 2 unspecified atom stereocenters. The van der Waals surface area contributed by atoms with E-state index in [4.69, 9.17) is 0 Å². The van der Waals surface area contributed by atoms with Crippen molar-refractivity contribution in [2.24, 2.45) is 0 Å². The smallest absolute Gasteiger partial charge is 0.240 e. The number of piperazine rings is 1. The van der Waals surface area contributed by atoms with Gasteiger partial charge >= 0.3 is 0 Å². The highest BCUT2D eigenvalue weighted by Crippen LogP contribution is 2.27. The van der Waals surface area contributed by atoms with Gasteiger partial charge in [-0.15, -0.1) is 0 Å². The number of carbonyl (C=O) groups excluding carboxylic acids is 1. The van der Waals surface area contributed by atoms with E-state index >= 15 is 0 Å². The van der Waals surface area contributed by atoms with Crippen LogP contribution in [0.4, 0.5) is 0 Å². The number of sulfone groups is 1. The lowest BCUT2D eigenvalue weighted by molar-refractivity contribution is -0.137. The highest BCUT2D eigenvalue weighted by atomic mass is 32.2. The second kappa shape index (κ2) is 6.22. The molecule has 3 aliphatic heterocycles. The number of nitrogens with zero attached hydrogens (tertiary/aromatic N) is 2. The van der Waals surface area contributed by atoms with Crippen LogP contribution in [0, 0.1) is 0 Å². The van der Waals surface area contributed by atoms with Crippen LogP contribution in [0.25, 0.3) is 0 Å². The first-order valence-corrected chi connectivity index (χ1v) is 9.85. The van der Waals surface area contributed by atoms with Crippen molar-refractivity contribution in [2.45, 2.75) is 37.8 Å². The molecule has 7 heteroatoms. The zero-order chi connectivity index (χ0) is 14.9. The van der Waals surface area contributed by atoms with Crippen molar-refractivity contribution in [1.29, 1.82) is 0 Å². The Morgan fingerprint density at radius 1 is 1.05 bits per heavy atom. The Hall–Kier alpha value is -0.660. The fourth-order valence-corrected chi connectivity index (χ4v) is 5.56. The van der Waals surface area contributed by atoms with Crippen LogP contribution in [0.3, 0.4) is 0 Å². The molecule has 3 saturated heterocycles. The van der Waals surface area contributed by atoms with Gasteiger partial charge in [-0.2, -0.15) is 0 Å². The van der Waals surface area contributed by atoms with Gasteiger partial charge in [0.2, 0.25) is 5.91 Å². The van der Waals surface area contributed by atoms with E-state index in [1.165, 1.54) is 0 Å². The third kappa shape index (κ3) is 3.40. The van der Waals surface area contributed by atoms with E-state index in [0.717, 1.165) is 58.4 Å². The average molecular weight is 315 g/mol. The van der Waals surface area contributed by atoms with E-state index in [-0.39, 0.29) is 23.7 Å². The minimum Gasteiger partial charge on any atom is -0.339 e. The Bertz CT molecular complexity index is 488. The third-order valence-corrected chi connectivity index (χ3v) is 6.72. The van der Waals surface area contributed by atoms with Crippen LogP contribution >= 0.6 is 0 Å². The summed E-state index contributed by atoms with van der Waals surface area (Å²) in [6, 6.07) is -0.0514. The van der Waals surface area contributed by atoms with E-state index in [0.29, 0.717) is 5.75 Å². The van der Waals surface area contributed by atoms with Crippen molar-refractivity contribution in [3.05, 3.63) is 0 Å². The predicted molar refractivity (Wildman–Crippen MR) is 80.9 cm³/mol. The van der Waals surface area contributed by atoms with E-state index in [2.05, 4.69) is 10.2 Å². The summed E-state index contributed by atoms with van der Waals surface area (Å²) < 4.78 is 23.7. The molecule has 120 valence electrons. The lowest BCUT2D eigenvalue weighted by Crippen LogP contribution is -2.55. The van der Waals surface area contributed by atoms with E-state index in [9.17, 15) is 13.2 Å². The lowest BCUT2D eigenvalue weighted by Gasteiger charge is -2.37. The molecule has 3 fully saturated rings. The number of nitrogens with one attached hydrogen (secondary N) is 1. The van der Waals surface area contributed by atoms with Crippen LogP contribution < -0.4 is 5.32 Å². The number of rotatable bonds is 2.